The Morgan fingerprint density at radius 3 is 2.19 bits per heavy atom. The summed E-state index contributed by atoms with van der Waals surface area (Å²) in [6.45, 7) is 3.86. The number of hydrogen-bond acceptors (Lipinski definition) is 6. The maximum absolute atomic E-state index is 11.9. The number of amides is 1. The first kappa shape index (κ1) is 20.1. The van der Waals surface area contributed by atoms with E-state index in [-0.39, 0.29) is 12.5 Å². The molecule has 2 aromatic carbocycles. The van der Waals surface area contributed by atoms with Crippen molar-refractivity contribution >= 4 is 12.1 Å². The van der Waals surface area contributed by atoms with Crippen molar-refractivity contribution in [2.75, 3.05) is 27.9 Å². The van der Waals surface area contributed by atoms with Crippen LogP contribution in [0, 0.1) is 13.8 Å². The second kappa shape index (κ2) is 9.47. The summed E-state index contributed by atoms with van der Waals surface area (Å²) in [6, 6.07) is 9.07. The van der Waals surface area contributed by atoms with Crippen LogP contribution in [0.15, 0.2) is 35.4 Å². The van der Waals surface area contributed by atoms with Crippen LogP contribution >= 0.6 is 0 Å². The summed E-state index contributed by atoms with van der Waals surface area (Å²) in [5.74, 6) is 1.87. The number of aryl methyl sites for hydroxylation is 2. The first-order valence-electron chi connectivity index (χ1n) is 8.30. The Hall–Kier alpha value is -3.22. The molecule has 1 N–H and O–H groups in total. The fourth-order valence-corrected chi connectivity index (χ4v) is 2.31. The highest BCUT2D eigenvalue weighted by Crippen LogP contribution is 2.32. The topological polar surface area (TPSA) is 78.4 Å². The first-order valence-corrected chi connectivity index (χ1v) is 8.30. The van der Waals surface area contributed by atoms with E-state index in [1.54, 1.807) is 19.2 Å². The molecule has 7 heteroatoms. The monoisotopic (exact) mass is 372 g/mol. The molecule has 0 saturated heterocycles. The second-order valence-electron chi connectivity index (χ2n) is 5.77. The molecule has 0 aliphatic rings. The smallest absolute Gasteiger partial charge is 0.277 e. The zero-order valence-corrected chi connectivity index (χ0v) is 16.2. The Balaban J connectivity index is 2.00. The van der Waals surface area contributed by atoms with Crippen LogP contribution in [0.4, 0.5) is 0 Å². The van der Waals surface area contributed by atoms with Crippen LogP contribution in [0.2, 0.25) is 0 Å². The van der Waals surface area contributed by atoms with Crippen molar-refractivity contribution in [1.29, 1.82) is 0 Å². The van der Waals surface area contributed by atoms with Gasteiger partial charge in [-0.2, -0.15) is 5.10 Å². The highest BCUT2D eigenvalue weighted by molar-refractivity contribution is 5.89. The van der Waals surface area contributed by atoms with Crippen molar-refractivity contribution in [3.05, 3.63) is 47.0 Å². The molecular weight excluding hydrogens is 348 g/mol. The number of nitrogens with one attached hydrogen (secondary N) is 1. The summed E-state index contributed by atoms with van der Waals surface area (Å²) < 4.78 is 21.3. The third-order valence-corrected chi connectivity index (χ3v) is 3.98. The van der Waals surface area contributed by atoms with Crippen molar-refractivity contribution in [1.82, 2.24) is 5.43 Å². The molecule has 2 rings (SSSR count). The third-order valence-electron chi connectivity index (χ3n) is 3.98. The van der Waals surface area contributed by atoms with E-state index in [2.05, 4.69) is 10.5 Å². The van der Waals surface area contributed by atoms with Crippen LogP contribution in [0.25, 0.3) is 0 Å². The molecule has 2 aromatic rings. The Kier molecular flexibility index (Phi) is 7.05. The summed E-state index contributed by atoms with van der Waals surface area (Å²) in [6.07, 6.45) is 1.45. The van der Waals surface area contributed by atoms with Crippen molar-refractivity contribution in [2.24, 2.45) is 5.10 Å². The molecule has 1 amide bonds. The minimum atomic E-state index is -0.379. The average Bonchev–Trinajstić information content (AvgIpc) is 2.68. The molecule has 0 heterocycles. The molecular formula is C20H24N2O5. The Morgan fingerprint density at radius 2 is 1.63 bits per heavy atom. The summed E-state index contributed by atoms with van der Waals surface area (Å²) in [4.78, 5) is 11.9. The van der Waals surface area contributed by atoms with E-state index in [0.29, 0.717) is 28.6 Å². The van der Waals surface area contributed by atoms with Gasteiger partial charge in [0.2, 0.25) is 0 Å². The number of carbonyl (C=O) groups is 1. The molecule has 0 radical (unpaired) electrons. The van der Waals surface area contributed by atoms with Gasteiger partial charge in [-0.3, -0.25) is 4.79 Å². The Bertz CT molecular complexity index is 808. The molecule has 7 nitrogen and oxygen atoms in total. The maximum Gasteiger partial charge on any atom is 0.277 e. The fourth-order valence-electron chi connectivity index (χ4n) is 2.31. The van der Waals surface area contributed by atoms with E-state index in [4.69, 9.17) is 18.9 Å². The first-order chi connectivity index (χ1) is 13.0. The lowest BCUT2D eigenvalue weighted by atomic mass is 10.1. The normalized spacial score (nSPS) is 10.6. The summed E-state index contributed by atoms with van der Waals surface area (Å²) >= 11 is 0. The standard InChI is InChI=1S/C20H24N2O5/c1-13-6-7-15(8-14(13)2)27-12-20(23)22-21-11-17-18(25-4)9-16(24-3)10-19(17)26-5/h6-11H,12H2,1-5H3,(H,22,23)/b21-11-. The van der Waals surface area contributed by atoms with E-state index >= 15 is 0 Å². The Morgan fingerprint density at radius 1 is 0.963 bits per heavy atom. The number of carbonyl (C=O) groups excluding carboxylic acids is 1. The predicted molar refractivity (Wildman–Crippen MR) is 103 cm³/mol. The van der Waals surface area contributed by atoms with Crippen LogP contribution in [0.3, 0.4) is 0 Å². The lowest BCUT2D eigenvalue weighted by molar-refractivity contribution is -0.123. The average molecular weight is 372 g/mol. The minimum absolute atomic E-state index is 0.142. The SMILES string of the molecule is COc1cc(OC)c(/C=N\NC(=O)COc2ccc(C)c(C)c2)c(OC)c1. The van der Waals surface area contributed by atoms with Crippen molar-refractivity contribution < 1.29 is 23.7 Å². The molecule has 0 aliphatic heterocycles. The van der Waals surface area contributed by atoms with E-state index in [9.17, 15) is 4.79 Å². The summed E-state index contributed by atoms with van der Waals surface area (Å²) in [7, 11) is 4.61. The van der Waals surface area contributed by atoms with Crippen molar-refractivity contribution in [2.45, 2.75) is 13.8 Å². The van der Waals surface area contributed by atoms with Crippen LogP contribution < -0.4 is 24.4 Å². The van der Waals surface area contributed by atoms with Gasteiger partial charge in [-0.15, -0.1) is 0 Å². The van der Waals surface area contributed by atoms with Gasteiger partial charge in [0.1, 0.15) is 23.0 Å². The number of hydrazone groups is 1. The quantitative estimate of drug-likeness (QED) is 0.569. The zero-order valence-electron chi connectivity index (χ0n) is 16.2. The number of ether oxygens (including phenoxy) is 4. The third kappa shape index (κ3) is 5.37. The molecule has 0 aliphatic carbocycles. The molecule has 0 atom stereocenters. The number of methoxy groups -OCH3 is 3. The van der Waals surface area contributed by atoms with Gasteiger partial charge in [0.25, 0.3) is 5.91 Å². The summed E-state index contributed by atoms with van der Waals surface area (Å²) in [5, 5.41) is 3.95. The van der Waals surface area contributed by atoms with Gasteiger partial charge in [0.05, 0.1) is 33.1 Å². The lowest BCUT2D eigenvalue weighted by Crippen LogP contribution is -2.24. The molecule has 0 aromatic heterocycles. The van der Waals surface area contributed by atoms with Gasteiger partial charge < -0.3 is 18.9 Å². The number of rotatable bonds is 8. The van der Waals surface area contributed by atoms with E-state index in [0.717, 1.165) is 5.56 Å². The fraction of sp³-hybridized carbons (Fsp3) is 0.300. The van der Waals surface area contributed by atoms with Crippen LogP contribution in [0.5, 0.6) is 23.0 Å². The summed E-state index contributed by atoms with van der Waals surface area (Å²) in [5.41, 5.74) is 5.27. The van der Waals surface area contributed by atoms with Crippen molar-refractivity contribution in [3.63, 3.8) is 0 Å². The second-order valence-corrected chi connectivity index (χ2v) is 5.77. The van der Waals surface area contributed by atoms with Gasteiger partial charge in [-0.25, -0.2) is 5.43 Å². The number of nitrogens with zero attached hydrogens (tertiary/aromatic N) is 1. The van der Waals surface area contributed by atoms with Crippen LogP contribution in [-0.4, -0.2) is 40.1 Å². The predicted octanol–water partition coefficient (Wildman–Crippen LogP) is 2.86. The highest BCUT2D eigenvalue weighted by Gasteiger charge is 2.11. The van der Waals surface area contributed by atoms with Crippen LogP contribution in [-0.2, 0) is 4.79 Å². The lowest BCUT2D eigenvalue weighted by Gasteiger charge is -2.12. The number of benzene rings is 2. The van der Waals surface area contributed by atoms with E-state index in [1.807, 2.05) is 32.0 Å². The Labute approximate surface area is 158 Å². The van der Waals surface area contributed by atoms with Gasteiger partial charge >= 0.3 is 0 Å². The van der Waals surface area contributed by atoms with Crippen molar-refractivity contribution in [3.8, 4) is 23.0 Å². The maximum atomic E-state index is 11.9. The highest BCUT2D eigenvalue weighted by atomic mass is 16.5. The molecule has 0 bridgehead atoms. The van der Waals surface area contributed by atoms with Gasteiger partial charge in [-0.05, 0) is 37.1 Å². The molecule has 0 spiro atoms. The van der Waals surface area contributed by atoms with E-state index < -0.39 is 0 Å². The van der Waals surface area contributed by atoms with Gasteiger partial charge in [0, 0.05) is 12.1 Å². The molecule has 144 valence electrons. The van der Waals surface area contributed by atoms with Gasteiger partial charge in [-0.1, -0.05) is 6.07 Å². The minimum Gasteiger partial charge on any atom is -0.496 e. The molecule has 0 unspecified atom stereocenters. The molecule has 0 fully saturated rings. The number of hydrogen-bond donors (Lipinski definition) is 1. The van der Waals surface area contributed by atoms with Gasteiger partial charge in [0.15, 0.2) is 6.61 Å². The van der Waals surface area contributed by atoms with Crippen LogP contribution in [0.1, 0.15) is 16.7 Å². The largest absolute Gasteiger partial charge is 0.496 e. The van der Waals surface area contributed by atoms with E-state index in [1.165, 1.54) is 26.0 Å². The molecule has 27 heavy (non-hydrogen) atoms. The zero-order chi connectivity index (χ0) is 19.8. The molecule has 0 saturated carbocycles.